The average Bonchev–Trinajstić information content (AvgIpc) is 3.41. The third-order valence-corrected chi connectivity index (χ3v) is 8.14. The van der Waals surface area contributed by atoms with E-state index in [0.29, 0.717) is 35.0 Å². The zero-order valence-electron chi connectivity index (χ0n) is 26.1. The minimum Gasteiger partial charge on any atom is -0.453 e. The maximum absolute atomic E-state index is 13.6. The lowest BCUT2D eigenvalue weighted by Gasteiger charge is -2.37. The molecule has 2 fully saturated rings. The van der Waals surface area contributed by atoms with Crippen LogP contribution in [-0.4, -0.2) is 70.1 Å². The van der Waals surface area contributed by atoms with Gasteiger partial charge in [-0.1, -0.05) is 0 Å². The van der Waals surface area contributed by atoms with Crippen molar-refractivity contribution in [1.82, 2.24) is 30.5 Å². The van der Waals surface area contributed by atoms with Crippen molar-refractivity contribution in [1.29, 1.82) is 5.26 Å². The fraction of sp³-hybridized carbons (Fsp3) is 0.500. The SMILES string of the molecule is COC(=O)NCC1CC(Nc2cc(-c3ccc4cc(C#N)cnn34)ncc2C(=O)NC2CCC(NC(=O)OC(C)(C)C)CC2)C1. The van der Waals surface area contributed by atoms with Crippen LogP contribution in [0.5, 0.6) is 0 Å². The molecule has 0 spiro atoms. The number of nitriles is 1. The van der Waals surface area contributed by atoms with E-state index in [4.69, 9.17) is 4.74 Å². The summed E-state index contributed by atoms with van der Waals surface area (Å²) >= 11 is 0. The van der Waals surface area contributed by atoms with Crippen LogP contribution in [0.2, 0.25) is 0 Å². The first-order chi connectivity index (χ1) is 21.5. The fourth-order valence-corrected chi connectivity index (χ4v) is 5.81. The first-order valence-corrected chi connectivity index (χ1v) is 15.3. The van der Waals surface area contributed by atoms with E-state index < -0.39 is 17.8 Å². The summed E-state index contributed by atoms with van der Waals surface area (Å²) in [6.07, 6.45) is 6.78. The van der Waals surface area contributed by atoms with E-state index in [0.717, 1.165) is 49.7 Å². The molecule has 0 atom stereocenters. The number of carbonyl (C=O) groups excluding carboxylic acids is 3. The highest BCUT2D eigenvalue weighted by Gasteiger charge is 2.31. The second-order valence-corrected chi connectivity index (χ2v) is 12.7. The molecule has 0 unspecified atom stereocenters. The molecule has 13 heteroatoms. The number of anilines is 1. The molecule has 0 aliphatic heterocycles. The molecule has 2 aliphatic rings. The normalized spacial score (nSPS) is 21.1. The summed E-state index contributed by atoms with van der Waals surface area (Å²) in [5.41, 5.74) is 3.12. The largest absolute Gasteiger partial charge is 0.453 e. The number of aromatic nitrogens is 3. The van der Waals surface area contributed by atoms with Crippen molar-refractivity contribution in [3.8, 4) is 17.5 Å². The highest BCUT2D eigenvalue weighted by atomic mass is 16.6. The number of hydrogen-bond acceptors (Lipinski definition) is 9. The van der Waals surface area contributed by atoms with Gasteiger partial charge in [-0.05, 0) is 89.5 Å². The molecule has 3 amide bonds. The van der Waals surface area contributed by atoms with Gasteiger partial charge in [-0.2, -0.15) is 10.4 Å². The summed E-state index contributed by atoms with van der Waals surface area (Å²) in [6, 6.07) is 9.56. The number of rotatable bonds is 8. The molecule has 45 heavy (non-hydrogen) atoms. The molecule has 2 saturated carbocycles. The van der Waals surface area contributed by atoms with Gasteiger partial charge >= 0.3 is 12.2 Å². The quantitative estimate of drug-likeness (QED) is 0.287. The summed E-state index contributed by atoms with van der Waals surface area (Å²) in [6.45, 7) is 6.02. The molecular formula is C32H40N8O5. The maximum Gasteiger partial charge on any atom is 0.407 e. The first-order valence-electron chi connectivity index (χ1n) is 15.3. The van der Waals surface area contributed by atoms with E-state index >= 15 is 0 Å². The number of hydrogen-bond donors (Lipinski definition) is 4. The molecule has 0 aromatic carbocycles. The zero-order valence-corrected chi connectivity index (χ0v) is 26.1. The molecule has 3 aromatic heterocycles. The van der Waals surface area contributed by atoms with Crippen molar-refractivity contribution in [2.45, 2.75) is 83.0 Å². The summed E-state index contributed by atoms with van der Waals surface area (Å²) in [7, 11) is 1.34. The Bertz CT molecular complexity index is 1590. The molecule has 238 valence electrons. The summed E-state index contributed by atoms with van der Waals surface area (Å²) in [5.74, 6) is 0.0814. The Balaban J connectivity index is 1.28. The van der Waals surface area contributed by atoms with Crippen LogP contribution in [-0.2, 0) is 9.47 Å². The van der Waals surface area contributed by atoms with E-state index in [2.05, 4.69) is 42.2 Å². The summed E-state index contributed by atoms with van der Waals surface area (Å²) in [4.78, 5) is 41.9. The average molecular weight is 617 g/mol. The van der Waals surface area contributed by atoms with Crippen LogP contribution in [0, 0.1) is 17.2 Å². The summed E-state index contributed by atoms with van der Waals surface area (Å²) in [5, 5.41) is 26.0. The van der Waals surface area contributed by atoms with Crippen LogP contribution in [0.1, 0.15) is 75.2 Å². The smallest absolute Gasteiger partial charge is 0.407 e. The van der Waals surface area contributed by atoms with E-state index in [9.17, 15) is 19.6 Å². The number of ether oxygens (including phenoxy) is 2. The number of nitrogens with one attached hydrogen (secondary N) is 4. The van der Waals surface area contributed by atoms with Gasteiger partial charge in [0.05, 0.1) is 47.0 Å². The number of amides is 3. The Kier molecular flexibility index (Phi) is 9.41. The van der Waals surface area contributed by atoms with Gasteiger partial charge < -0.3 is 30.7 Å². The van der Waals surface area contributed by atoms with Gasteiger partial charge in [-0.15, -0.1) is 0 Å². The lowest BCUT2D eigenvalue weighted by atomic mass is 9.80. The Hall–Kier alpha value is -4.86. The first kappa shape index (κ1) is 31.6. The number of carbonyl (C=O) groups is 3. The highest BCUT2D eigenvalue weighted by molar-refractivity contribution is 6.00. The van der Waals surface area contributed by atoms with Gasteiger partial charge in [0, 0.05) is 30.9 Å². The molecule has 13 nitrogen and oxygen atoms in total. The highest BCUT2D eigenvalue weighted by Crippen LogP contribution is 2.33. The Labute approximate surface area is 262 Å². The fourth-order valence-electron chi connectivity index (χ4n) is 5.81. The zero-order chi connectivity index (χ0) is 32.1. The Morgan fingerprint density at radius 3 is 2.38 bits per heavy atom. The standard InChI is InChI=1S/C32H40N8O5/c1-32(2,3)45-31(43)39-22-7-5-21(6-8-22)38-29(41)25-18-34-27(28-10-9-24-13-20(15-33)17-36-40(24)28)14-26(25)37-23-11-19(12-23)16-35-30(42)44-4/h9-10,13-14,17-19,21-23H,5-8,11-12,16H2,1-4H3,(H,34,37)(H,35,42)(H,38,41)(H,39,43). The molecule has 3 aromatic rings. The van der Waals surface area contributed by atoms with Gasteiger partial charge in [-0.25, -0.2) is 14.1 Å². The number of fused-ring (bicyclic) bond motifs is 1. The van der Waals surface area contributed by atoms with Gasteiger partial charge in [0.15, 0.2) is 0 Å². The van der Waals surface area contributed by atoms with Crippen molar-refractivity contribution >= 4 is 29.3 Å². The molecule has 0 radical (unpaired) electrons. The lowest BCUT2D eigenvalue weighted by Crippen LogP contribution is -2.45. The van der Waals surface area contributed by atoms with E-state index in [1.54, 1.807) is 16.8 Å². The van der Waals surface area contributed by atoms with Crippen molar-refractivity contribution in [2.75, 3.05) is 19.0 Å². The van der Waals surface area contributed by atoms with Crippen LogP contribution in [0.15, 0.2) is 36.7 Å². The predicted octanol–water partition coefficient (Wildman–Crippen LogP) is 4.38. The topological polar surface area (TPSA) is 172 Å². The van der Waals surface area contributed by atoms with Crippen LogP contribution >= 0.6 is 0 Å². The van der Waals surface area contributed by atoms with Crippen LogP contribution in [0.25, 0.3) is 16.9 Å². The number of pyridine rings is 1. The maximum atomic E-state index is 13.6. The van der Waals surface area contributed by atoms with Crippen molar-refractivity contribution < 1.29 is 23.9 Å². The second kappa shape index (κ2) is 13.4. The third-order valence-electron chi connectivity index (χ3n) is 8.14. The van der Waals surface area contributed by atoms with Crippen molar-refractivity contribution in [3.63, 3.8) is 0 Å². The van der Waals surface area contributed by atoms with Gasteiger partial charge in [0.25, 0.3) is 5.91 Å². The minimum absolute atomic E-state index is 0.00105. The van der Waals surface area contributed by atoms with Gasteiger partial charge in [0.2, 0.25) is 0 Å². The molecule has 2 aliphatic carbocycles. The number of alkyl carbamates (subject to hydrolysis) is 2. The van der Waals surface area contributed by atoms with Crippen molar-refractivity contribution in [2.24, 2.45) is 5.92 Å². The van der Waals surface area contributed by atoms with Crippen LogP contribution in [0.4, 0.5) is 15.3 Å². The Morgan fingerprint density at radius 2 is 1.71 bits per heavy atom. The molecule has 5 rings (SSSR count). The molecule has 0 bridgehead atoms. The van der Waals surface area contributed by atoms with Gasteiger partial charge in [0.1, 0.15) is 11.7 Å². The van der Waals surface area contributed by atoms with E-state index in [1.807, 2.05) is 39.0 Å². The summed E-state index contributed by atoms with van der Waals surface area (Å²) < 4.78 is 11.8. The van der Waals surface area contributed by atoms with E-state index in [-0.39, 0.29) is 24.0 Å². The molecule has 3 heterocycles. The second-order valence-electron chi connectivity index (χ2n) is 12.7. The van der Waals surface area contributed by atoms with E-state index in [1.165, 1.54) is 13.3 Å². The minimum atomic E-state index is -0.559. The van der Waals surface area contributed by atoms with Crippen LogP contribution in [0.3, 0.4) is 0 Å². The predicted molar refractivity (Wildman–Crippen MR) is 167 cm³/mol. The third kappa shape index (κ3) is 8.00. The number of nitrogens with zero attached hydrogens (tertiary/aromatic N) is 4. The van der Waals surface area contributed by atoms with Crippen molar-refractivity contribution in [3.05, 3.63) is 47.8 Å². The molecule has 4 N–H and O–H groups in total. The molecular weight excluding hydrogens is 576 g/mol. The Morgan fingerprint density at radius 1 is 1.00 bits per heavy atom. The van der Waals surface area contributed by atoms with Crippen LogP contribution < -0.4 is 21.3 Å². The van der Waals surface area contributed by atoms with Gasteiger partial charge in [-0.3, -0.25) is 9.78 Å². The molecule has 0 saturated heterocycles. The number of methoxy groups -OCH3 is 1. The monoisotopic (exact) mass is 616 g/mol. The lowest BCUT2D eigenvalue weighted by molar-refractivity contribution is 0.0487.